The normalized spacial score (nSPS) is 32.3. The average molecular weight is 551 g/mol. The first-order valence-electron chi connectivity index (χ1n) is 11.7. The quantitative estimate of drug-likeness (QED) is 0.161. The summed E-state index contributed by atoms with van der Waals surface area (Å²) in [5.74, 6) is -4.55. The lowest BCUT2D eigenvalue weighted by Crippen LogP contribution is -2.60. The molecule has 0 aromatic heterocycles. The molecule has 4 rings (SSSR count). The Bertz CT molecular complexity index is 1270. The number of carbonyl (C=O) groups is 3. The Kier molecular flexibility index (Phi) is 7.89. The van der Waals surface area contributed by atoms with Gasteiger partial charge < -0.3 is 55.6 Å². The van der Waals surface area contributed by atoms with Crippen molar-refractivity contribution in [2.24, 2.45) is 0 Å². The molecule has 2 unspecified atom stereocenters. The van der Waals surface area contributed by atoms with E-state index in [0.717, 1.165) is 0 Å². The summed E-state index contributed by atoms with van der Waals surface area (Å²) in [6.45, 7) is -0.687. The Labute approximate surface area is 219 Å². The minimum atomic E-state index is -1.73. The number of hydrogen-bond acceptors (Lipinski definition) is 11. The second-order valence-electron chi connectivity index (χ2n) is 9.22. The summed E-state index contributed by atoms with van der Waals surface area (Å²) in [4.78, 5) is 34.8. The van der Waals surface area contributed by atoms with Gasteiger partial charge in [0.1, 0.15) is 36.2 Å². The van der Waals surface area contributed by atoms with Gasteiger partial charge in [0, 0.05) is 18.1 Å². The number of nitrogens with one attached hydrogen (secondary N) is 1. The number of aliphatic hydroxyl groups is 4. The average Bonchev–Trinajstić information content (AvgIpc) is 3.24. The molecule has 1 saturated heterocycles. The molecule has 9 N–H and O–H groups in total. The molecular formula is C24H27N2O13+. The Hall–Kier alpha value is -4.02. The van der Waals surface area contributed by atoms with E-state index in [1.165, 1.54) is 35.1 Å². The van der Waals surface area contributed by atoms with E-state index in [2.05, 4.69) is 5.32 Å². The van der Waals surface area contributed by atoms with Gasteiger partial charge in [0.25, 0.3) is 6.04 Å². The molecule has 0 aliphatic carbocycles. The van der Waals surface area contributed by atoms with Gasteiger partial charge in [0.05, 0.1) is 19.1 Å². The third kappa shape index (κ3) is 5.57. The Balaban J connectivity index is 1.66. The van der Waals surface area contributed by atoms with Gasteiger partial charge in [-0.2, -0.15) is 4.58 Å². The summed E-state index contributed by atoms with van der Waals surface area (Å²) in [6, 6.07) is 0.177. The molecule has 7 atom stereocenters. The van der Waals surface area contributed by atoms with Crippen LogP contribution >= 0.6 is 0 Å². The molecule has 0 spiro atoms. The highest BCUT2D eigenvalue weighted by Gasteiger charge is 2.46. The zero-order chi connectivity index (χ0) is 28.6. The highest BCUT2D eigenvalue weighted by atomic mass is 16.7. The maximum atomic E-state index is 12.0. The number of phenolic OH excluding ortho intramolecular Hbond substituents is 1. The molecule has 3 heterocycles. The van der Waals surface area contributed by atoms with E-state index >= 15 is 0 Å². The minimum Gasteiger partial charge on any atom is -0.504 e. The van der Waals surface area contributed by atoms with Gasteiger partial charge in [-0.25, -0.2) is 14.4 Å². The molecule has 15 nitrogen and oxygen atoms in total. The van der Waals surface area contributed by atoms with Crippen LogP contribution < -0.4 is 10.1 Å². The molecule has 1 aromatic carbocycles. The van der Waals surface area contributed by atoms with Crippen molar-refractivity contribution in [1.82, 2.24) is 5.32 Å². The lowest BCUT2D eigenvalue weighted by molar-refractivity contribution is -0.456. The van der Waals surface area contributed by atoms with Crippen LogP contribution in [-0.4, -0.2) is 119 Å². The molecule has 210 valence electrons. The maximum absolute atomic E-state index is 12.0. The van der Waals surface area contributed by atoms with Crippen molar-refractivity contribution in [2.75, 3.05) is 6.61 Å². The van der Waals surface area contributed by atoms with Crippen LogP contribution in [0, 0.1) is 0 Å². The van der Waals surface area contributed by atoms with Gasteiger partial charge in [0.15, 0.2) is 17.7 Å². The summed E-state index contributed by atoms with van der Waals surface area (Å²) in [5.41, 5.74) is 0.648. The van der Waals surface area contributed by atoms with Gasteiger partial charge in [-0.05, 0) is 17.7 Å². The summed E-state index contributed by atoms with van der Waals surface area (Å²) in [7, 11) is 0. The highest BCUT2D eigenvalue weighted by Crippen LogP contribution is 2.40. The smallest absolute Gasteiger partial charge is 0.373 e. The predicted octanol–water partition coefficient (Wildman–Crippen LogP) is -2.36. The fourth-order valence-electron chi connectivity index (χ4n) is 4.58. The molecule has 3 aliphatic rings. The number of aromatic hydroxyl groups is 1. The van der Waals surface area contributed by atoms with Gasteiger partial charge in [-0.15, -0.1) is 0 Å². The number of benzene rings is 1. The standard InChI is InChI=1S/C24H26N2O13/c27-8-17-18(29)19(30)20(31)24(39-17)38-16-6-10-5-14(23(36)37)26(13(10)7-15(16)28)2-1-9-3-11(21(32)33)25-12(4-9)22(34)35/h1-3,6-7,12,14,17-20,24,27,29-31H,4-5,8H2,(H4,28,32,33,34,35,36,37)/p+1/t12?,14?,17-,18-,19+,20-,24-/m1/s1. The van der Waals surface area contributed by atoms with E-state index in [-0.39, 0.29) is 30.0 Å². The first kappa shape index (κ1) is 28.0. The first-order valence-corrected chi connectivity index (χ1v) is 11.7. The van der Waals surface area contributed by atoms with Crippen LogP contribution in [0.15, 0.2) is 35.6 Å². The second-order valence-corrected chi connectivity index (χ2v) is 9.22. The van der Waals surface area contributed by atoms with Crippen LogP contribution in [0.2, 0.25) is 0 Å². The largest absolute Gasteiger partial charge is 0.504 e. The number of phenols is 1. The van der Waals surface area contributed by atoms with E-state index in [1.807, 2.05) is 0 Å². The number of ether oxygens (including phenoxy) is 2. The van der Waals surface area contributed by atoms with E-state index < -0.39 is 73.1 Å². The fraction of sp³-hybridized carbons (Fsp3) is 0.417. The number of nitrogens with zero attached hydrogens (tertiary/aromatic N) is 1. The number of rotatable bonds is 7. The van der Waals surface area contributed by atoms with E-state index in [0.29, 0.717) is 11.1 Å². The monoisotopic (exact) mass is 551 g/mol. The molecule has 0 bridgehead atoms. The summed E-state index contributed by atoms with van der Waals surface area (Å²) >= 11 is 0. The van der Waals surface area contributed by atoms with E-state index in [1.54, 1.807) is 0 Å². The number of fused-ring (bicyclic) bond motifs is 1. The van der Waals surface area contributed by atoms with Crippen LogP contribution in [0.1, 0.15) is 12.0 Å². The van der Waals surface area contributed by atoms with Crippen molar-refractivity contribution in [3.8, 4) is 11.5 Å². The number of aliphatic hydroxyl groups excluding tert-OH is 4. The maximum Gasteiger partial charge on any atom is 0.373 e. The van der Waals surface area contributed by atoms with Crippen molar-refractivity contribution < 1.29 is 69.3 Å². The minimum absolute atomic E-state index is 0.0504. The number of allylic oxidation sites excluding steroid dienone is 2. The number of aliphatic carboxylic acids is 3. The topological polar surface area (TPSA) is 247 Å². The first-order chi connectivity index (χ1) is 18.4. The summed E-state index contributed by atoms with van der Waals surface area (Å²) in [6.07, 6.45) is -4.03. The van der Waals surface area contributed by atoms with Crippen molar-refractivity contribution in [1.29, 1.82) is 0 Å². The molecule has 0 radical (unpaired) electrons. The second kappa shape index (κ2) is 11.0. The molecule has 39 heavy (non-hydrogen) atoms. The van der Waals surface area contributed by atoms with Gasteiger partial charge in [0.2, 0.25) is 12.0 Å². The Morgan fingerprint density at radius 1 is 1.05 bits per heavy atom. The predicted molar refractivity (Wildman–Crippen MR) is 127 cm³/mol. The number of carboxylic acids is 3. The van der Waals surface area contributed by atoms with Gasteiger partial charge >= 0.3 is 17.9 Å². The summed E-state index contributed by atoms with van der Waals surface area (Å²) < 4.78 is 12.1. The molecule has 15 heteroatoms. The molecule has 0 saturated carbocycles. The molecule has 3 aliphatic heterocycles. The van der Waals surface area contributed by atoms with Crippen LogP contribution in [0.3, 0.4) is 0 Å². The molecule has 0 amide bonds. The SMILES string of the molecule is O=C(O)C1=C/C(=C\C=[N+]2c3cc(O)c(O[C@@H]4O[C@H](CO)[C@@H](O)[C@H](O)[C@H]4O)cc3CC2C(=O)O)CC(C(=O)O)N1. The third-order valence-electron chi connectivity index (χ3n) is 6.64. The van der Waals surface area contributed by atoms with Crippen LogP contribution in [0.5, 0.6) is 11.5 Å². The molecule has 1 aromatic rings. The van der Waals surface area contributed by atoms with Crippen LogP contribution in [0.25, 0.3) is 0 Å². The van der Waals surface area contributed by atoms with Crippen LogP contribution in [0.4, 0.5) is 5.69 Å². The van der Waals surface area contributed by atoms with Gasteiger partial charge in [-0.3, -0.25) is 0 Å². The Morgan fingerprint density at radius 2 is 1.77 bits per heavy atom. The lowest BCUT2D eigenvalue weighted by atomic mass is 9.99. The zero-order valence-electron chi connectivity index (χ0n) is 20.1. The van der Waals surface area contributed by atoms with E-state index in [4.69, 9.17) is 9.47 Å². The zero-order valence-corrected chi connectivity index (χ0v) is 20.1. The highest BCUT2D eigenvalue weighted by molar-refractivity contribution is 5.89. The summed E-state index contributed by atoms with van der Waals surface area (Å²) in [5, 5.41) is 80.9. The Morgan fingerprint density at radius 3 is 2.38 bits per heavy atom. The number of hydrogen-bond donors (Lipinski definition) is 9. The molecule has 1 fully saturated rings. The van der Waals surface area contributed by atoms with Crippen molar-refractivity contribution in [3.05, 3.63) is 41.1 Å². The van der Waals surface area contributed by atoms with Crippen LogP contribution in [-0.2, 0) is 25.5 Å². The molecular weight excluding hydrogens is 524 g/mol. The van der Waals surface area contributed by atoms with Gasteiger partial charge in [-0.1, -0.05) is 0 Å². The third-order valence-corrected chi connectivity index (χ3v) is 6.64. The fourth-order valence-corrected chi connectivity index (χ4v) is 4.58. The van der Waals surface area contributed by atoms with Crippen molar-refractivity contribution in [2.45, 2.75) is 55.6 Å². The van der Waals surface area contributed by atoms with Crippen molar-refractivity contribution >= 4 is 29.8 Å². The lowest BCUT2D eigenvalue weighted by Gasteiger charge is -2.39. The van der Waals surface area contributed by atoms with E-state index in [9.17, 15) is 55.2 Å². The number of carboxylic acid groups (broad SMARTS) is 3. The van der Waals surface area contributed by atoms with Crippen molar-refractivity contribution in [3.63, 3.8) is 0 Å².